The van der Waals surface area contributed by atoms with Crippen molar-refractivity contribution < 1.29 is 14.6 Å². The standard InChI is InChI=1S/C12H16N2O3/c1-7(2)6-17-11-9(12(15)16)5-13-10(14-11)8-3-4-8/h5,7-8H,3-4,6H2,1-2H3,(H,15,16). The number of hydrogen-bond donors (Lipinski definition) is 1. The quantitative estimate of drug-likeness (QED) is 0.847. The molecule has 17 heavy (non-hydrogen) atoms. The first-order valence-electron chi connectivity index (χ1n) is 5.81. The average Bonchev–Trinajstić information content (AvgIpc) is 3.09. The Morgan fingerprint density at radius 2 is 2.29 bits per heavy atom. The predicted octanol–water partition coefficient (Wildman–Crippen LogP) is 2.09. The maximum Gasteiger partial charge on any atom is 0.342 e. The number of hydrogen-bond acceptors (Lipinski definition) is 4. The summed E-state index contributed by atoms with van der Waals surface area (Å²) in [6.45, 7) is 4.47. The first-order valence-corrected chi connectivity index (χ1v) is 5.81. The van der Waals surface area contributed by atoms with Crippen LogP contribution in [0.2, 0.25) is 0 Å². The number of nitrogens with zero attached hydrogens (tertiary/aromatic N) is 2. The molecule has 1 aliphatic rings. The lowest BCUT2D eigenvalue weighted by Crippen LogP contribution is -2.11. The van der Waals surface area contributed by atoms with Crippen LogP contribution in [0.1, 0.15) is 48.8 Å². The molecule has 1 heterocycles. The molecule has 0 atom stereocenters. The Bertz CT molecular complexity index is 428. The molecule has 0 spiro atoms. The fraction of sp³-hybridized carbons (Fsp3) is 0.583. The van der Waals surface area contributed by atoms with Crippen molar-refractivity contribution in [2.45, 2.75) is 32.6 Å². The number of ether oxygens (including phenoxy) is 1. The highest BCUT2D eigenvalue weighted by molar-refractivity contribution is 5.89. The minimum atomic E-state index is -1.05. The van der Waals surface area contributed by atoms with E-state index < -0.39 is 5.97 Å². The van der Waals surface area contributed by atoms with Crippen LogP contribution in [0, 0.1) is 5.92 Å². The minimum Gasteiger partial charge on any atom is -0.477 e. The van der Waals surface area contributed by atoms with Gasteiger partial charge in [0.15, 0.2) is 0 Å². The number of aromatic carboxylic acids is 1. The van der Waals surface area contributed by atoms with Crippen LogP contribution >= 0.6 is 0 Å². The minimum absolute atomic E-state index is 0.0371. The van der Waals surface area contributed by atoms with Gasteiger partial charge in [-0.15, -0.1) is 0 Å². The first-order chi connectivity index (χ1) is 8.08. The van der Waals surface area contributed by atoms with Crippen LogP contribution in [0.4, 0.5) is 0 Å². The summed E-state index contributed by atoms with van der Waals surface area (Å²) in [7, 11) is 0. The van der Waals surface area contributed by atoms with Gasteiger partial charge in [0, 0.05) is 12.1 Å². The Kier molecular flexibility index (Phi) is 3.26. The van der Waals surface area contributed by atoms with Crippen LogP contribution in [0.25, 0.3) is 0 Å². The second-order valence-electron chi connectivity index (χ2n) is 4.73. The van der Waals surface area contributed by atoms with E-state index in [1.165, 1.54) is 6.20 Å². The Labute approximate surface area is 99.9 Å². The van der Waals surface area contributed by atoms with Gasteiger partial charge in [-0.25, -0.2) is 9.78 Å². The maximum atomic E-state index is 11.0. The molecule has 1 fully saturated rings. The summed E-state index contributed by atoms with van der Waals surface area (Å²) in [5, 5.41) is 9.02. The van der Waals surface area contributed by atoms with Gasteiger partial charge >= 0.3 is 5.97 Å². The van der Waals surface area contributed by atoms with Crippen molar-refractivity contribution in [3.05, 3.63) is 17.6 Å². The van der Waals surface area contributed by atoms with Gasteiger partial charge in [0.1, 0.15) is 11.4 Å². The third kappa shape index (κ3) is 2.93. The number of carbonyl (C=O) groups is 1. The van der Waals surface area contributed by atoms with Gasteiger partial charge in [0.25, 0.3) is 0 Å². The lowest BCUT2D eigenvalue weighted by molar-refractivity contribution is 0.0689. The highest BCUT2D eigenvalue weighted by Crippen LogP contribution is 2.38. The molecule has 5 nitrogen and oxygen atoms in total. The molecule has 0 saturated heterocycles. The fourth-order valence-electron chi connectivity index (χ4n) is 1.42. The molecule has 5 heteroatoms. The average molecular weight is 236 g/mol. The summed E-state index contributed by atoms with van der Waals surface area (Å²) >= 11 is 0. The molecular formula is C12H16N2O3. The number of aromatic nitrogens is 2. The summed E-state index contributed by atoms with van der Waals surface area (Å²) in [5.41, 5.74) is 0.0371. The Morgan fingerprint density at radius 3 is 2.82 bits per heavy atom. The zero-order valence-electron chi connectivity index (χ0n) is 10.0. The predicted molar refractivity (Wildman–Crippen MR) is 61.3 cm³/mol. The molecule has 0 radical (unpaired) electrons. The van der Waals surface area contributed by atoms with Crippen molar-refractivity contribution >= 4 is 5.97 Å². The second kappa shape index (κ2) is 4.69. The largest absolute Gasteiger partial charge is 0.477 e. The fourth-order valence-corrected chi connectivity index (χ4v) is 1.42. The smallest absolute Gasteiger partial charge is 0.342 e. The van der Waals surface area contributed by atoms with E-state index >= 15 is 0 Å². The molecule has 1 N–H and O–H groups in total. The molecular weight excluding hydrogens is 220 g/mol. The summed E-state index contributed by atoms with van der Waals surface area (Å²) in [4.78, 5) is 19.3. The molecule has 0 aliphatic heterocycles. The van der Waals surface area contributed by atoms with Crippen molar-refractivity contribution in [2.75, 3.05) is 6.61 Å². The van der Waals surface area contributed by atoms with Crippen LogP contribution in [-0.2, 0) is 0 Å². The van der Waals surface area contributed by atoms with E-state index in [0.29, 0.717) is 24.3 Å². The molecule has 1 aromatic rings. The van der Waals surface area contributed by atoms with Crippen molar-refractivity contribution in [3.63, 3.8) is 0 Å². The van der Waals surface area contributed by atoms with Crippen molar-refractivity contribution in [1.29, 1.82) is 0 Å². The normalized spacial score (nSPS) is 15.0. The Balaban J connectivity index is 2.23. The molecule has 0 aromatic carbocycles. The third-order valence-electron chi connectivity index (χ3n) is 2.50. The van der Waals surface area contributed by atoms with Gasteiger partial charge in [-0.2, -0.15) is 4.98 Å². The van der Waals surface area contributed by atoms with Gasteiger partial charge in [0.05, 0.1) is 6.61 Å². The summed E-state index contributed by atoms with van der Waals surface area (Å²) in [5.74, 6) is 0.568. The summed E-state index contributed by atoms with van der Waals surface area (Å²) < 4.78 is 5.45. The summed E-state index contributed by atoms with van der Waals surface area (Å²) in [6.07, 6.45) is 3.50. The number of carboxylic acids is 1. The van der Waals surface area contributed by atoms with E-state index in [1.807, 2.05) is 13.8 Å². The highest BCUT2D eigenvalue weighted by Gasteiger charge is 2.28. The Hall–Kier alpha value is -1.65. The molecule has 1 aromatic heterocycles. The summed E-state index contributed by atoms with van der Waals surface area (Å²) in [6, 6.07) is 0. The van der Waals surface area contributed by atoms with Crippen LogP contribution < -0.4 is 4.74 Å². The van der Waals surface area contributed by atoms with Crippen LogP contribution in [0.3, 0.4) is 0 Å². The van der Waals surface area contributed by atoms with Gasteiger partial charge < -0.3 is 9.84 Å². The van der Waals surface area contributed by atoms with Crippen molar-refractivity contribution in [3.8, 4) is 5.88 Å². The van der Waals surface area contributed by atoms with E-state index in [4.69, 9.17) is 9.84 Å². The third-order valence-corrected chi connectivity index (χ3v) is 2.50. The van der Waals surface area contributed by atoms with E-state index in [1.54, 1.807) is 0 Å². The van der Waals surface area contributed by atoms with E-state index in [2.05, 4.69) is 9.97 Å². The number of carboxylic acid groups (broad SMARTS) is 1. The van der Waals surface area contributed by atoms with Crippen molar-refractivity contribution in [1.82, 2.24) is 9.97 Å². The molecule has 92 valence electrons. The lowest BCUT2D eigenvalue weighted by Gasteiger charge is -2.10. The molecule has 0 unspecified atom stereocenters. The van der Waals surface area contributed by atoms with Crippen LogP contribution in [0.5, 0.6) is 5.88 Å². The zero-order chi connectivity index (χ0) is 12.4. The SMILES string of the molecule is CC(C)COc1nc(C2CC2)ncc1C(=O)O. The maximum absolute atomic E-state index is 11.0. The van der Waals surface area contributed by atoms with E-state index in [9.17, 15) is 4.79 Å². The van der Waals surface area contributed by atoms with Gasteiger partial charge in [-0.3, -0.25) is 0 Å². The lowest BCUT2D eigenvalue weighted by atomic mass is 10.2. The molecule has 0 bridgehead atoms. The van der Waals surface area contributed by atoms with Gasteiger partial charge in [-0.05, 0) is 18.8 Å². The van der Waals surface area contributed by atoms with Crippen molar-refractivity contribution in [2.24, 2.45) is 5.92 Å². The van der Waals surface area contributed by atoms with E-state index in [0.717, 1.165) is 12.8 Å². The Morgan fingerprint density at radius 1 is 1.59 bits per heavy atom. The monoisotopic (exact) mass is 236 g/mol. The topological polar surface area (TPSA) is 72.3 Å². The molecule has 1 aliphatic carbocycles. The van der Waals surface area contributed by atoms with Crippen LogP contribution in [-0.4, -0.2) is 27.7 Å². The van der Waals surface area contributed by atoms with Gasteiger partial charge in [0.2, 0.25) is 5.88 Å². The molecule has 2 rings (SSSR count). The highest BCUT2D eigenvalue weighted by atomic mass is 16.5. The van der Waals surface area contributed by atoms with Gasteiger partial charge in [-0.1, -0.05) is 13.8 Å². The second-order valence-corrected chi connectivity index (χ2v) is 4.73. The first kappa shape index (κ1) is 11.8. The zero-order valence-corrected chi connectivity index (χ0v) is 10.0. The van der Waals surface area contributed by atoms with E-state index in [-0.39, 0.29) is 11.4 Å². The van der Waals surface area contributed by atoms with Crippen LogP contribution in [0.15, 0.2) is 6.20 Å². The molecule has 0 amide bonds. The number of rotatable bonds is 5. The molecule has 1 saturated carbocycles.